The third-order valence-electron chi connectivity index (χ3n) is 6.76. The predicted octanol–water partition coefficient (Wildman–Crippen LogP) is 4.88. The molecule has 182 valence electrons. The minimum atomic E-state index is 0.371. The van der Waals surface area contributed by atoms with Gasteiger partial charge < -0.3 is 10.0 Å². The van der Waals surface area contributed by atoms with E-state index in [1.54, 1.807) is 6.07 Å². The first-order chi connectivity index (χ1) is 17.1. The second-order valence-corrected chi connectivity index (χ2v) is 9.34. The number of rotatable bonds is 7. The molecule has 5 rings (SSSR count). The van der Waals surface area contributed by atoms with E-state index in [-0.39, 0.29) is 0 Å². The van der Waals surface area contributed by atoms with Crippen molar-refractivity contribution in [3.05, 3.63) is 71.7 Å². The number of anilines is 1. The molecule has 7 heteroatoms. The number of unbranched alkanes of at least 4 members (excludes halogenated alkanes) is 1. The van der Waals surface area contributed by atoms with Gasteiger partial charge in [0.15, 0.2) is 5.65 Å². The fourth-order valence-corrected chi connectivity index (χ4v) is 4.86. The van der Waals surface area contributed by atoms with Crippen molar-refractivity contribution in [3.63, 3.8) is 0 Å². The van der Waals surface area contributed by atoms with Crippen LogP contribution >= 0.6 is 0 Å². The molecule has 0 amide bonds. The highest BCUT2D eigenvalue weighted by atomic mass is 16.3. The number of aryl methyl sites for hydroxylation is 2. The number of phenolic OH excluding ortho intramolecular Hbond substituents is 1. The van der Waals surface area contributed by atoms with Crippen LogP contribution in [0.5, 0.6) is 5.75 Å². The van der Waals surface area contributed by atoms with Crippen molar-refractivity contribution < 1.29 is 5.11 Å². The number of para-hydroxylation sites is 2. The Hall–Kier alpha value is -3.45. The lowest BCUT2D eigenvalue weighted by Crippen LogP contribution is -2.31. The molecule has 0 saturated carbocycles. The first-order valence-electron chi connectivity index (χ1n) is 12.7. The first kappa shape index (κ1) is 23.3. The molecule has 35 heavy (non-hydrogen) atoms. The average molecular weight is 471 g/mol. The third kappa shape index (κ3) is 5.00. The second-order valence-electron chi connectivity index (χ2n) is 9.34. The van der Waals surface area contributed by atoms with Crippen LogP contribution in [0.25, 0.3) is 16.7 Å². The molecule has 0 spiro atoms. The molecule has 0 bridgehead atoms. The molecule has 4 aromatic rings. The molecular weight excluding hydrogens is 436 g/mol. The van der Waals surface area contributed by atoms with Gasteiger partial charge in [-0.1, -0.05) is 49.7 Å². The van der Waals surface area contributed by atoms with Crippen molar-refractivity contribution >= 4 is 16.9 Å². The zero-order valence-corrected chi connectivity index (χ0v) is 20.7. The summed E-state index contributed by atoms with van der Waals surface area (Å²) in [6, 6.07) is 17.9. The second kappa shape index (κ2) is 10.4. The van der Waals surface area contributed by atoms with Crippen LogP contribution in [0, 0.1) is 6.92 Å². The maximum Gasteiger partial charge on any atom is 0.168 e. The number of aromatic hydroxyl groups is 1. The monoisotopic (exact) mass is 470 g/mol. The molecule has 0 atom stereocenters. The summed E-state index contributed by atoms with van der Waals surface area (Å²) in [4.78, 5) is 14.9. The van der Waals surface area contributed by atoms with Crippen LogP contribution in [0.3, 0.4) is 0 Å². The van der Waals surface area contributed by atoms with Gasteiger partial charge in [-0.3, -0.25) is 4.90 Å². The summed E-state index contributed by atoms with van der Waals surface area (Å²) in [5, 5.41) is 16.2. The highest BCUT2D eigenvalue weighted by molar-refractivity contribution is 5.91. The number of hydrogen-bond donors (Lipinski definition) is 1. The number of fused-ring (bicyclic) bond motifs is 1. The van der Waals surface area contributed by atoms with E-state index in [4.69, 9.17) is 15.1 Å². The maximum absolute atomic E-state index is 10.2. The lowest BCUT2D eigenvalue weighted by molar-refractivity contribution is 0.281. The van der Waals surface area contributed by atoms with Gasteiger partial charge >= 0.3 is 0 Å². The number of benzene rings is 2. The minimum absolute atomic E-state index is 0.371. The van der Waals surface area contributed by atoms with Crippen molar-refractivity contribution in [3.8, 4) is 11.4 Å². The summed E-state index contributed by atoms with van der Waals surface area (Å²) in [6.45, 7) is 8.73. The van der Waals surface area contributed by atoms with Crippen LogP contribution in [0.15, 0.2) is 54.6 Å². The molecule has 0 aliphatic carbocycles. The molecule has 1 aliphatic rings. The van der Waals surface area contributed by atoms with Crippen LogP contribution in [0.4, 0.5) is 5.82 Å². The Morgan fingerprint density at radius 2 is 1.71 bits per heavy atom. The quantitative estimate of drug-likeness (QED) is 0.415. The van der Waals surface area contributed by atoms with Crippen molar-refractivity contribution in [1.29, 1.82) is 0 Å². The van der Waals surface area contributed by atoms with Gasteiger partial charge in [-0.15, -0.1) is 0 Å². The Balaban J connectivity index is 1.48. The zero-order chi connectivity index (χ0) is 24.2. The van der Waals surface area contributed by atoms with E-state index < -0.39 is 0 Å². The summed E-state index contributed by atoms with van der Waals surface area (Å²) in [5.41, 5.74) is 3.84. The Labute approximate surface area is 207 Å². The van der Waals surface area contributed by atoms with E-state index >= 15 is 0 Å². The topological polar surface area (TPSA) is 70.3 Å². The highest BCUT2D eigenvalue weighted by Gasteiger charge is 2.24. The Bertz CT molecular complexity index is 1290. The summed E-state index contributed by atoms with van der Waals surface area (Å²) in [6.07, 6.45) is 4.08. The minimum Gasteiger partial charge on any atom is -0.508 e. The van der Waals surface area contributed by atoms with Gasteiger partial charge in [0.25, 0.3) is 0 Å². The summed E-state index contributed by atoms with van der Waals surface area (Å²) < 4.78 is 1.97. The smallest absolute Gasteiger partial charge is 0.168 e. The number of hydrogen-bond acceptors (Lipinski definition) is 6. The van der Waals surface area contributed by atoms with E-state index in [1.165, 1.54) is 0 Å². The average Bonchev–Trinajstić information content (AvgIpc) is 3.05. The van der Waals surface area contributed by atoms with Gasteiger partial charge in [0, 0.05) is 44.7 Å². The molecular formula is C28H34N6O. The molecule has 1 aliphatic heterocycles. The summed E-state index contributed by atoms with van der Waals surface area (Å²) >= 11 is 0. The predicted molar refractivity (Wildman–Crippen MR) is 140 cm³/mol. The van der Waals surface area contributed by atoms with Crippen molar-refractivity contribution in [1.82, 2.24) is 24.6 Å². The number of phenols is 1. The molecule has 1 N–H and O–H groups in total. The molecule has 7 nitrogen and oxygen atoms in total. The lowest BCUT2D eigenvalue weighted by Gasteiger charge is -2.24. The van der Waals surface area contributed by atoms with E-state index in [0.717, 1.165) is 98.0 Å². The number of aromatic nitrogens is 4. The maximum atomic E-state index is 10.2. The molecule has 0 radical (unpaired) electrons. The zero-order valence-electron chi connectivity index (χ0n) is 20.7. The van der Waals surface area contributed by atoms with Crippen molar-refractivity contribution in [2.24, 2.45) is 0 Å². The molecule has 1 saturated heterocycles. The fourth-order valence-electron chi connectivity index (χ4n) is 4.86. The standard InChI is InChI=1S/C28H34N6O/c1-3-4-15-25-29-27(26-21(2)31-34(28(26)30-25)23-12-6-5-7-13-23)33-17-10-16-32(18-19-33)20-22-11-8-9-14-24(22)35/h5-9,11-14,35H,3-4,10,15-20H2,1-2H3. The SMILES string of the molecule is CCCCc1nc(N2CCCN(Cc3ccccc3O)CC2)c2c(C)nn(-c3ccccc3)c2n1. The van der Waals surface area contributed by atoms with Crippen LogP contribution < -0.4 is 4.90 Å². The van der Waals surface area contributed by atoms with Gasteiger partial charge in [0.05, 0.1) is 16.8 Å². The normalized spacial score (nSPS) is 15.0. The van der Waals surface area contributed by atoms with Crippen LogP contribution in [-0.4, -0.2) is 55.9 Å². The van der Waals surface area contributed by atoms with Crippen molar-refractivity contribution in [2.75, 3.05) is 31.1 Å². The van der Waals surface area contributed by atoms with Gasteiger partial charge in [-0.25, -0.2) is 14.6 Å². The van der Waals surface area contributed by atoms with Crippen LogP contribution in [-0.2, 0) is 13.0 Å². The Morgan fingerprint density at radius 1 is 0.914 bits per heavy atom. The Morgan fingerprint density at radius 3 is 2.51 bits per heavy atom. The van der Waals surface area contributed by atoms with Gasteiger partial charge in [-0.2, -0.15) is 5.10 Å². The molecule has 0 unspecified atom stereocenters. The van der Waals surface area contributed by atoms with Gasteiger partial charge in [-0.05, 0) is 38.0 Å². The molecule has 3 heterocycles. The Kier molecular flexibility index (Phi) is 6.95. The van der Waals surface area contributed by atoms with Gasteiger partial charge in [0.2, 0.25) is 0 Å². The molecule has 1 fully saturated rings. The van der Waals surface area contributed by atoms with Crippen molar-refractivity contribution in [2.45, 2.75) is 46.1 Å². The lowest BCUT2D eigenvalue weighted by atomic mass is 10.2. The molecule has 2 aromatic carbocycles. The fraction of sp³-hybridized carbons (Fsp3) is 0.393. The van der Waals surface area contributed by atoms with Crippen LogP contribution in [0.1, 0.15) is 43.3 Å². The third-order valence-corrected chi connectivity index (χ3v) is 6.76. The largest absolute Gasteiger partial charge is 0.508 e. The van der Waals surface area contributed by atoms with Crippen LogP contribution in [0.2, 0.25) is 0 Å². The van der Waals surface area contributed by atoms with E-state index in [0.29, 0.717) is 5.75 Å². The summed E-state index contributed by atoms with van der Waals surface area (Å²) in [5.74, 6) is 2.27. The van der Waals surface area contributed by atoms with E-state index in [1.807, 2.05) is 41.1 Å². The van der Waals surface area contributed by atoms with Gasteiger partial charge in [0.1, 0.15) is 17.4 Å². The number of nitrogens with zero attached hydrogens (tertiary/aromatic N) is 6. The molecule has 2 aromatic heterocycles. The first-order valence-corrected chi connectivity index (χ1v) is 12.7. The van der Waals surface area contributed by atoms with E-state index in [2.05, 4.69) is 35.8 Å². The highest BCUT2D eigenvalue weighted by Crippen LogP contribution is 2.30. The van der Waals surface area contributed by atoms with E-state index in [9.17, 15) is 5.11 Å². The summed E-state index contributed by atoms with van der Waals surface area (Å²) in [7, 11) is 0.